The third-order valence-electron chi connectivity index (χ3n) is 4.12. The summed E-state index contributed by atoms with van der Waals surface area (Å²) in [5.74, 6) is -0.216. The fraction of sp³-hybridized carbons (Fsp3) is 0.389. The molecule has 9 heteroatoms. The summed E-state index contributed by atoms with van der Waals surface area (Å²) in [6, 6.07) is 6.97. The molecule has 0 saturated heterocycles. The number of ether oxygens (including phenoxy) is 1. The Morgan fingerprint density at radius 3 is 2.78 bits per heavy atom. The van der Waals surface area contributed by atoms with Gasteiger partial charge >= 0.3 is 6.18 Å². The van der Waals surface area contributed by atoms with E-state index in [0.29, 0.717) is 29.3 Å². The molecule has 1 amide bonds. The van der Waals surface area contributed by atoms with Crippen LogP contribution < -0.4 is 5.32 Å². The molecule has 0 atom stereocenters. The normalized spacial score (nSPS) is 13.9. The van der Waals surface area contributed by atoms with E-state index in [1.807, 2.05) is 0 Å². The third-order valence-corrected chi connectivity index (χ3v) is 4.49. The van der Waals surface area contributed by atoms with Crippen molar-refractivity contribution in [3.05, 3.63) is 57.6 Å². The first-order chi connectivity index (χ1) is 12.8. The van der Waals surface area contributed by atoms with Gasteiger partial charge < -0.3 is 10.1 Å². The van der Waals surface area contributed by atoms with Crippen LogP contribution in [0.15, 0.2) is 24.3 Å². The highest BCUT2D eigenvalue weighted by atomic mass is 35.5. The molecule has 1 N–H and O–H groups in total. The molecule has 1 aliphatic rings. The van der Waals surface area contributed by atoms with Gasteiger partial charge in [-0.15, -0.1) is 0 Å². The summed E-state index contributed by atoms with van der Waals surface area (Å²) in [6.07, 6.45) is -4.07. The number of benzene rings is 1. The van der Waals surface area contributed by atoms with Crippen molar-refractivity contribution in [1.82, 2.24) is 15.3 Å². The lowest BCUT2D eigenvalue weighted by Gasteiger charge is -2.20. The molecule has 2 heterocycles. The lowest BCUT2D eigenvalue weighted by atomic mass is 10.1. The summed E-state index contributed by atoms with van der Waals surface area (Å²) in [7, 11) is 0. The summed E-state index contributed by atoms with van der Waals surface area (Å²) in [5, 5.41) is 3.15. The lowest BCUT2D eigenvalue weighted by Crippen LogP contribution is -2.29. The van der Waals surface area contributed by atoms with Gasteiger partial charge in [-0.2, -0.15) is 13.2 Å². The molecule has 0 radical (unpaired) electrons. The van der Waals surface area contributed by atoms with Crippen LogP contribution in [-0.2, 0) is 41.6 Å². The van der Waals surface area contributed by atoms with Crippen molar-refractivity contribution in [3.63, 3.8) is 0 Å². The fourth-order valence-electron chi connectivity index (χ4n) is 2.82. The molecule has 0 bridgehead atoms. The average molecular weight is 400 g/mol. The quantitative estimate of drug-likeness (QED) is 0.839. The number of hydrogen-bond donors (Lipinski definition) is 1. The number of halogens is 4. The molecule has 2 aromatic rings. The second kappa shape index (κ2) is 8.22. The highest BCUT2D eigenvalue weighted by molar-refractivity contribution is 6.31. The van der Waals surface area contributed by atoms with Crippen LogP contribution in [0.1, 0.15) is 28.3 Å². The van der Waals surface area contributed by atoms with Gasteiger partial charge in [0.25, 0.3) is 0 Å². The van der Waals surface area contributed by atoms with Crippen LogP contribution >= 0.6 is 11.6 Å². The first-order valence-electron chi connectivity index (χ1n) is 8.38. The molecule has 27 heavy (non-hydrogen) atoms. The van der Waals surface area contributed by atoms with E-state index in [4.69, 9.17) is 16.3 Å². The predicted molar refractivity (Wildman–Crippen MR) is 92.3 cm³/mol. The summed E-state index contributed by atoms with van der Waals surface area (Å²) < 4.78 is 44.9. The lowest BCUT2D eigenvalue weighted by molar-refractivity contribution is -0.143. The van der Waals surface area contributed by atoms with Crippen LogP contribution in [0.4, 0.5) is 13.2 Å². The van der Waals surface area contributed by atoms with Crippen LogP contribution in [0.25, 0.3) is 0 Å². The minimum absolute atomic E-state index is 0.000236. The number of amides is 1. The van der Waals surface area contributed by atoms with Crippen LogP contribution in [0.3, 0.4) is 0 Å². The maximum atomic E-state index is 13.3. The number of carbonyl (C=O) groups is 1. The smallest absolute Gasteiger partial charge is 0.376 e. The van der Waals surface area contributed by atoms with Crippen molar-refractivity contribution in [3.8, 4) is 0 Å². The molecule has 1 aromatic heterocycles. The summed E-state index contributed by atoms with van der Waals surface area (Å²) >= 11 is 6.01. The molecule has 1 aliphatic heterocycles. The Morgan fingerprint density at radius 2 is 2.04 bits per heavy atom. The van der Waals surface area contributed by atoms with Crippen molar-refractivity contribution in [2.75, 3.05) is 13.2 Å². The number of alkyl halides is 3. The average Bonchev–Trinajstić information content (AvgIpc) is 2.62. The van der Waals surface area contributed by atoms with Crippen LogP contribution in [0, 0.1) is 0 Å². The summed E-state index contributed by atoms with van der Waals surface area (Å²) in [6.45, 7) is 0.324. The molecule has 3 rings (SSSR count). The monoisotopic (exact) mass is 399 g/mol. The van der Waals surface area contributed by atoms with Crippen LogP contribution in [0.2, 0.25) is 5.02 Å². The number of nitrogens with one attached hydrogen (secondary N) is 1. The fourth-order valence-corrected chi connectivity index (χ4v) is 3.02. The van der Waals surface area contributed by atoms with E-state index in [9.17, 15) is 18.0 Å². The van der Waals surface area contributed by atoms with Gasteiger partial charge in [0, 0.05) is 30.0 Å². The van der Waals surface area contributed by atoms with Gasteiger partial charge in [0.05, 0.1) is 25.3 Å². The van der Waals surface area contributed by atoms with E-state index in [1.165, 1.54) is 0 Å². The number of nitrogens with zero attached hydrogens (tertiary/aromatic N) is 2. The second-order valence-corrected chi connectivity index (χ2v) is 6.49. The highest BCUT2D eigenvalue weighted by Crippen LogP contribution is 2.33. The Morgan fingerprint density at radius 1 is 1.26 bits per heavy atom. The number of rotatable bonds is 5. The SMILES string of the molecule is O=C(Cc1ccccc1Cl)NCCc1nc2c(c(C(F)(F)F)n1)COCC2. The summed E-state index contributed by atoms with van der Waals surface area (Å²) in [4.78, 5) is 19.9. The van der Waals surface area contributed by atoms with Gasteiger partial charge in [-0.05, 0) is 11.6 Å². The van der Waals surface area contributed by atoms with Crippen molar-refractivity contribution in [2.24, 2.45) is 0 Å². The van der Waals surface area contributed by atoms with Gasteiger partial charge in [0.15, 0.2) is 5.69 Å². The Hall–Kier alpha value is -2.19. The van der Waals surface area contributed by atoms with E-state index in [-0.39, 0.29) is 43.3 Å². The van der Waals surface area contributed by atoms with Crippen LogP contribution in [-0.4, -0.2) is 29.0 Å². The number of carbonyl (C=O) groups excluding carboxylic acids is 1. The van der Waals surface area contributed by atoms with Crippen molar-refractivity contribution in [1.29, 1.82) is 0 Å². The van der Waals surface area contributed by atoms with Gasteiger partial charge in [-0.1, -0.05) is 29.8 Å². The molecular formula is C18H17ClF3N3O2. The van der Waals surface area contributed by atoms with Gasteiger partial charge in [0.2, 0.25) is 5.91 Å². The van der Waals surface area contributed by atoms with E-state index in [0.717, 1.165) is 0 Å². The molecule has 0 fully saturated rings. The molecule has 0 aliphatic carbocycles. The van der Waals surface area contributed by atoms with Crippen molar-refractivity contribution < 1.29 is 22.7 Å². The zero-order valence-electron chi connectivity index (χ0n) is 14.3. The molecule has 0 saturated carbocycles. The maximum absolute atomic E-state index is 13.3. The molecule has 0 spiro atoms. The zero-order valence-corrected chi connectivity index (χ0v) is 15.0. The topological polar surface area (TPSA) is 64.1 Å². The van der Waals surface area contributed by atoms with Crippen LogP contribution in [0.5, 0.6) is 0 Å². The Labute approximate surface area is 158 Å². The van der Waals surface area contributed by atoms with E-state index in [2.05, 4.69) is 15.3 Å². The molecular weight excluding hydrogens is 383 g/mol. The first kappa shape index (κ1) is 19.6. The second-order valence-electron chi connectivity index (χ2n) is 6.08. The van der Waals surface area contributed by atoms with Crippen molar-refractivity contribution >= 4 is 17.5 Å². The minimum Gasteiger partial charge on any atom is -0.376 e. The van der Waals surface area contributed by atoms with Gasteiger partial charge in [-0.3, -0.25) is 4.79 Å². The largest absolute Gasteiger partial charge is 0.433 e. The zero-order chi connectivity index (χ0) is 19.4. The summed E-state index contributed by atoms with van der Waals surface area (Å²) in [5.41, 5.74) is 0.0897. The van der Waals surface area contributed by atoms with E-state index < -0.39 is 11.9 Å². The maximum Gasteiger partial charge on any atom is 0.433 e. The molecule has 0 unspecified atom stereocenters. The number of aromatic nitrogens is 2. The molecule has 5 nitrogen and oxygen atoms in total. The predicted octanol–water partition coefficient (Wildman–Crippen LogP) is 3.12. The van der Waals surface area contributed by atoms with E-state index >= 15 is 0 Å². The first-order valence-corrected chi connectivity index (χ1v) is 8.76. The number of fused-ring (bicyclic) bond motifs is 1. The minimum atomic E-state index is -4.57. The highest BCUT2D eigenvalue weighted by Gasteiger charge is 2.38. The Kier molecular flexibility index (Phi) is 5.96. The van der Waals surface area contributed by atoms with Gasteiger partial charge in [-0.25, -0.2) is 9.97 Å². The Balaban J connectivity index is 1.64. The third kappa shape index (κ3) is 4.95. The van der Waals surface area contributed by atoms with E-state index in [1.54, 1.807) is 24.3 Å². The standard InChI is InChI=1S/C18H17ClF3N3O2/c19-13-4-2-1-3-11(13)9-16(26)23-7-5-15-24-14-6-8-27-10-12(14)17(25-15)18(20,21)22/h1-4H,5-10H2,(H,23,26). The number of hydrogen-bond acceptors (Lipinski definition) is 4. The Bertz CT molecular complexity index is 843. The van der Waals surface area contributed by atoms with Crippen molar-refractivity contribution in [2.45, 2.75) is 32.0 Å². The molecule has 144 valence electrons. The molecule has 1 aromatic carbocycles. The van der Waals surface area contributed by atoms with Gasteiger partial charge in [0.1, 0.15) is 5.82 Å².